The van der Waals surface area contributed by atoms with Gasteiger partial charge in [0.2, 0.25) is 0 Å². The van der Waals surface area contributed by atoms with Gasteiger partial charge >= 0.3 is 12.0 Å². The Labute approximate surface area is 164 Å². The van der Waals surface area contributed by atoms with E-state index in [1.54, 1.807) is 36.4 Å². The summed E-state index contributed by atoms with van der Waals surface area (Å²) in [5.74, 6) is -1.03. The summed E-state index contributed by atoms with van der Waals surface area (Å²) in [4.78, 5) is 23.8. The zero-order valence-electron chi connectivity index (χ0n) is 13.2. The molecule has 136 valence electrons. The topological polar surface area (TPSA) is 90.5 Å². The first-order valence-electron chi connectivity index (χ1n) is 7.65. The van der Waals surface area contributed by atoms with Crippen molar-refractivity contribution in [3.63, 3.8) is 0 Å². The Balaban J connectivity index is 1.84. The number of carboxylic acids is 1. The van der Waals surface area contributed by atoms with Crippen molar-refractivity contribution < 1.29 is 14.7 Å². The van der Waals surface area contributed by atoms with Gasteiger partial charge in [0.05, 0.1) is 6.04 Å². The SMILES string of the molecule is O=C(Nc1cccc(Cl)c1)NC1CC(C(=O)O)Nc2cc(Cl)cc(Cl)c21. The first-order chi connectivity index (χ1) is 12.3. The Morgan fingerprint density at radius 2 is 1.88 bits per heavy atom. The maximum absolute atomic E-state index is 12.4. The molecule has 0 aromatic heterocycles. The van der Waals surface area contributed by atoms with Gasteiger partial charge in [-0.2, -0.15) is 0 Å². The van der Waals surface area contributed by atoms with Crippen molar-refractivity contribution in [3.8, 4) is 0 Å². The van der Waals surface area contributed by atoms with E-state index in [1.165, 1.54) is 0 Å². The van der Waals surface area contributed by atoms with Crippen LogP contribution in [0.15, 0.2) is 36.4 Å². The highest BCUT2D eigenvalue weighted by molar-refractivity contribution is 6.35. The number of hydrogen-bond acceptors (Lipinski definition) is 3. The van der Waals surface area contributed by atoms with E-state index in [2.05, 4.69) is 16.0 Å². The number of benzene rings is 2. The van der Waals surface area contributed by atoms with Crippen LogP contribution >= 0.6 is 34.8 Å². The van der Waals surface area contributed by atoms with E-state index in [9.17, 15) is 14.7 Å². The number of carboxylic acid groups (broad SMARTS) is 1. The molecule has 0 spiro atoms. The third-order valence-electron chi connectivity index (χ3n) is 3.93. The lowest BCUT2D eigenvalue weighted by Crippen LogP contribution is -2.42. The van der Waals surface area contributed by atoms with Crippen LogP contribution in [0.25, 0.3) is 0 Å². The van der Waals surface area contributed by atoms with Gasteiger partial charge in [0.1, 0.15) is 6.04 Å². The Kier molecular flexibility index (Phi) is 5.46. The van der Waals surface area contributed by atoms with Crippen molar-refractivity contribution in [2.24, 2.45) is 0 Å². The minimum absolute atomic E-state index is 0.132. The van der Waals surface area contributed by atoms with Crippen LogP contribution in [0.2, 0.25) is 15.1 Å². The van der Waals surface area contributed by atoms with Crippen molar-refractivity contribution >= 4 is 58.2 Å². The number of amides is 2. The van der Waals surface area contributed by atoms with E-state index in [4.69, 9.17) is 34.8 Å². The highest BCUT2D eigenvalue weighted by Crippen LogP contribution is 2.39. The molecular formula is C17H14Cl3N3O3. The predicted molar refractivity (Wildman–Crippen MR) is 102 cm³/mol. The fraction of sp³-hybridized carbons (Fsp3) is 0.176. The summed E-state index contributed by atoms with van der Waals surface area (Å²) in [6, 6.07) is 7.84. The molecule has 1 aliphatic rings. The molecule has 2 amide bonds. The van der Waals surface area contributed by atoms with Crippen LogP contribution in [-0.2, 0) is 4.79 Å². The lowest BCUT2D eigenvalue weighted by atomic mass is 9.93. The molecular weight excluding hydrogens is 401 g/mol. The van der Waals surface area contributed by atoms with Crippen molar-refractivity contribution in [3.05, 3.63) is 57.0 Å². The minimum Gasteiger partial charge on any atom is -0.480 e. The van der Waals surface area contributed by atoms with Gasteiger partial charge in [0, 0.05) is 38.4 Å². The molecule has 2 aromatic rings. The van der Waals surface area contributed by atoms with Gasteiger partial charge in [-0.25, -0.2) is 9.59 Å². The van der Waals surface area contributed by atoms with Gasteiger partial charge in [0.15, 0.2) is 0 Å². The zero-order chi connectivity index (χ0) is 18.8. The molecule has 4 N–H and O–H groups in total. The number of fused-ring (bicyclic) bond motifs is 1. The first kappa shape index (κ1) is 18.6. The standard InChI is InChI=1S/C17H14Cl3N3O3/c18-8-2-1-3-10(4-8)21-17(26)23-13-7-14(16(24)25)22-12-6-9(19)5-11(20)15(12)13/h1-6,13-14,22H,7H2,(H,24,25)(H2,21,23,26). The van der Waals surface area contributed by atoms with Crippen LogP contribution in [0.5, 0.6) is 0 Å². The average molecular weight is 415 g/mol. The summed E-state index contributed by atoms with van der Waals surface area (Å²) in [6.07, 6.45) is 0.132. The van der Waals surface area contributed by atoms with Gasteiger partial charge in [-0.1, -0.05) is 40.9 Å². The Morgan fingerprint density at radius 3 is 2.58 bits per heavy atom. The second kappa shape index (κ2) is 7.61. The Hall–Kier alpha value is -2.15. The number of nitrogens with one attached hydrogen (secondary N) is 3. The minimum atomic E-state index is -1.03. The average Bonchev–Trinajstić information content (AvgIpc) is 2.53. The molecule has 9 heteroatoms. The number of carbonyl (C=O) groups is 2. The van der Waals surface area contributed by atoms with Gasteiger partial charge < -0.3 is 21.1 Å². The lowest BCUT2D eigenvalue weighted by molar-refractivity contribution is -0.138. The van der Waals surface area contributed by atoms with E-state index < -0.39 is 24.1 Å². The molecule has 1 heterocycles. The molecule has 0 saturated carbocycles. The van der Waals surface area contributed by atoms with Crippen molar-refractivity contribution in [2.45, 2.75) is 18.5 Å². The third kappa shape index (κ3) is 4.15. The van der Waals surface area contributed by atoms with Crippen LogP contribution < -0.4 is 16.0 Å². The Morgan fingerprint density at radius 1 is 1.12 bits per heavy atom. The fourth-order valence-electron chi connectivity index (χ4n) is 2.84. The fourth-order valence-corrected chi connectivity index (χ4v) is 3.66. The quantitative estimate of drug-likeness (QED) is 0.582. The molecule has 1 aliphatic heterocycles. The summed E-state index contributed by atoms with van der Waals surface area (Å²) in [5, 5.41) is 18.9. The highest BCUT2D eigenvalue weighted by Gasteiger charge is 2.33. The van der Waals surface area contributed by atoms with E-state index in [-0.39, 0.29) is 6.42 Å². The van der Waals surface area contributed by atoms with Crippen LogP contribution in [0.4, 0.5) is 16.2 Å². The van der Waals surface area contributed by atoms with Gasteiger partial charge in [-0.15, -0.1) is 0 Å². The van der Waals surface area contributed by atoms with Crippen molar-refractivity contribution in [1.29, 1.82) is 0 Å². The monoisotopic (exact) mass is 413 g/mol. The second-order valence-electron chi connectivity index (χ2n) is 5.78. The third-order valence-corrected chi connectivity index (χ3v) is 4.70. The molecule has 0 saturated heterocycles. The Bertz CT molecular complexity index is 876. The van der Waals surface area contributed by atoms with Crippen LogP contribution in [-0.4, -0.2) is 23.1 Å². The molecule has 2 aromatic carbocycles. The van der Waals surface area contributed by atoms with Crippen LogP contribution in [0.3, 0.4) is 0 Å². The number of rotatable bonds is 3. The summed E-state index contributed by atoms with van der Waals surface area (Å²) < 4.78 is 0. The number of urea groups is 1. The van der Waals surface area contributed by atoms with E-state index >= 15 is 0 Å². The van der Waals surface area contributed by atoms with Crippen molar-refractivity contribution in [2.75, 3.05) is 10.6 Å². The number of hydrogen-bond donors (Lipinski definition) is 4. The normalized spacial score (nSPS) is 18.4. The maximum atomic E-state index is 12.4. The summed E-state index contributed by atoms with van der Waals surface area (Å²) in [7, 11) is 0. The number of aliphatic carboxylic acids is 1. The van der Waals surface area contributed by atoms with Crippen molar-refractivity contribution in [1.82, 2.24) is 5.32 Å². The molecule has 2 unspecified atom stereocenters. The first-order valence-corrected chi connectivity index (χ1v) is 8.78. The van der Waals surface area contributed by atoms with Crippen LogP contribution in [0.1, 0.15) is 18.0 Å². The van der Waals surface area contributed by atoms with E-state index in [0.717, 1.165) is 0 Å². The van der Waals surface area contributed by atoms with E-state index in [0.29, 0.717) is 32.0 Å². The summed E-state index contributed by atoms with van der Waals surface area (Å²) in [5.41, 5.74) is 1.59. The molecule has 0 radical (unpaired) electrons. The maximum Gasteiger partial charge on any atom is 0.326 e. The molecule has 3 rings (SSSR count). The summed E-state index contributed by atoms with van der Waals surface area (Å²) >= 11 is 18.2. The van der Waals surface area contributed by atoms with Gasteiger partial charge in [-0.3, -0.25) is 0 Å². The zero-order valence-corrected chi connectivity index (χ0v) is 15.5. The molecule has 2 atom stereocenters. The number of halogens is 3. The molecule has 0 fully saturated rings. The molecule has 0 bridgehead atoms. The summed E-state index contributed by atoms with van der Waals surface area (Å²) in [6.45, 7) is 0. The largest absolute Gasteiger partial charge is 0.480 e. The highest BCUT2D eigenvalue weighted by atomic mass is 35.5. The van der Waals surface area contributed by atoms with Crippen LogP contribution in [0, 0.1) is 0 Å². The lowest BCUT2D eigenvalue weighted by Gasteiger charge is -2.32. The molecule has 6 nitrogen and oxygen atoms in total. The van der Waals surface area contributed by atoms with E-state index in [1.807, 2.05) is 0 Å². The predicted octanol–water partition coefficient (Wildman–Crippen LogP) is 4.78. The molecule has 0 aliphatic carbocycles. The van der Waals surface area contributed by atoms with Gasteiger partial charge in [0.25, 0.3) is 0 Å². The number of anilines is 2. The van der Waals surface area contributed by atoms with Gasteiger partial charge in [-0.05, 0) is 30.3 Å². The number of carbonyl (C=O) groups excluding carboxylic acids is 1. The molecule has 26 heavy (non-hydrogen) atoms. The second-order valence-corrected chi connectivity index (χ2v) is 7.06. The smallest absolute Gasteiger partial charge is 0.326 e.